The third-order valence-corrected chi connectivity index (χ3v) is 7.49. The summed E-state index contributed by atoms with van der Waals surface area (Å²) in [6.45, 7) is 7.14. The van der Waals surface area contributed by atoms with E-state index in [1.54, 1.807) is 0 Å². The molecule has 3 aromatic carbocycles. The minimum atomic E-state index is -0.532. The molecule has 0 unspecified atom stereocenters. The van der Waals surface area contributed by atoms with Crippen LogP contribution < -0.4 is 14.5 Å². The number of aromatic nitrogens is 1. The van der Waals surface area contributed by atoms with Crippen molar-refractivity contribution in [2.75, 3.05) is 56.6 Å². The Balaban J connectivity index is 1.12. The van der Waals surface area contributed by atoms with Gasteiger partial charge in [-0.25, -0.2) is 8.78 Å². The number of anilines is 2. The zero-order valence-corrected chi connectivity index (χ0v) is 22.4. The van der Waals surface area contributed by atoms with E-state index in [1.807, 2.05) is 38.5 Å². The van der Waals surface area contributed by atoms with Gasteiger partial charge in [0.1, 0.15) is 23.1 Å². The number of ether oxygens (including phenoxy) is 1. The second kappa shape index (κ2) is 11.4. The summed E-state index contributed by atoms with van der Waals surface area (Å²) in [7, 11) is 4.05. The second-order valence-corrected chi connectivity index (χ2v) is 10.3. The standard InChI is InChI=1S/C31H36F2N4O/c1-22-29(11-7-12-30(22)38-26-10-6-9-25(20-26)35(2)3)37-16-14-36(15-17-37)13-5-4-8-23-21-34-31-27(23)18-24(32)19-28(31)33/h6-7,9-12,18-21,34H,4-5,8,13-17H2,1-3H3. The summed E-state index contributed by atoms with van der Waals surface area (Å²) in [5.41, 5.74) is 4.86. The average Bonchev–Trinajstić information content (AvgIpc) is 3.31. The van der Waals surface area contributed by atoms with Crippen molar-refractivity contribution >= 4 is 22.3 Å². The van der Waals surface area contributed by atoms with Crippen molar-refractivity contribution < 1.29 is 13.5 Å². The molecule has 1 fully saturated rings. The molecular weight excluding hydrogens is 482 g/mol. The van der Waals surface area contributed by atoms with Crippen molar-refractivity contribution in [2.45, 2.75) is 26.2 Å². The van der Waals surface area contributed by atoms with Gasteiger partial charge in [-0.05, 0) is 68.6 Å². The Hall–Kier alpha value is -3.58. The van der Waals surface area contributed by atoms with Crippen LogP contribution in [-0.2, 0) is 6.42 Å². The fraction of sp³-hybridized carbons (Fsp3) is 0.355. The molecule has 4 aromatic rings. The van der Waals surface area contributed by atoms with Crippen LogP contribution in [0.5, 0.6) is 11.5 Å². The average molecular weight is 519 g/mol. The quantitative estimate of drug-likeness (QED) is 0.248. The predicted molar refractivity (Wildman–Crippen MR) is 152 cm³/mol. The fourth-order valence-electron chi connectivity index (χ4n) is 5.29. The van der Waals surface area contributed by atoms with Gasteiger partial charge >= 0.3 is 0 Å². The molecule has 0 saturated carbocycles. The summed E-state index contributed by atoms with van der Waals surface area (Å²) in [6, 6.07) is 16.8. The molecule has 0 bridgehead atoms. The van der Waals surface area contributed by atoms with Crippen molar-refractivity contribution in [3.8, 4) is 11.5 Å². The Kier molecular flexibility index (Phi) is 7.84. The number of hydrogen-bond acceptors (Lipinski definition) is 4. The van der Waals surface area contributed by atoms with Crippen molar-refractivity contribution in [3.63, 3.8) is 0 Å². The van der Waals surface area contributed by atoms with Gasteiger partial charge in [-0.1, -0.05) is 12.1 Å². The first-order chi connectivity index (χ1) is 18.4. The highest BCUT2D eigenvalue weighted by Crippen LogP contribution is 2.33. The normalized spacial score (nSPS) is 14.3. The summed E-state index contributed by atoms with van der Waals surface area (Å²) < 4.78 is 33.9. The number of unbranched alkanes of at least 4 members (excludes halogenated alkanes) is 1. The summed E-state index contributed by atoms with van der Waals surface area (Å²) in [6.07, 6.45) is 4.66. The van der Waals surface area contributed by atoms with Gasteiger partial charge in [0, 0.05) is 80.9 Å². The van der Waals surface area contributed by atoms with Crippen LogP contribution in [-0.4, -0.2) is 56.7 Å². The van der Waals surface area contributed by atoms with Gasteiger partial charge in [0.2, 0.25) is 0 Å². The number of nitrogens with one attached hydrogen (secondary N) is 1. The number of hydrogen-bond donors (Lipinski definition) is 1. The molecule has 5 rings (SSSR count). The molecular formula is C31H36F2N4O. The molecule has 0 amide bonds. The molecule has 5 nitrogen and oxygen atoms in total. The summed E-state index contributed by atoms with van der Waals surface area (Å²) in [5, 5.41) is 0.656. The number of H-pyrrole nitrogens is 1. The highest BCUT2D eigenvalue weighted by atomic mass is 19.1. The van der Waals surface area contributed by atoms with E-state index in [0.717, 1.165) is 86.4 Å². The van der Waals surface area contributed by atoms with Crippen LogP contribution in [0.15, 0.2) is 60.8 Å². The first-order valence-electron chi connectivity index (χ1n) is 13.4. The maximum Gasteiger partial charge on any atom is 0.150 e. The third-order valence-electron chi connectivity index (χ3n) is 7.49. The highest BCUT2D eigenvalue weighted by Gasteiger charge is 2.20. The van der Waals surface area contributed by atoms with E-state index in [-0.39, 0.29) is 0 Å². The number of aryl methyl sites for hydroxylation is 1. The molecule has 38 heavy (non-hydrogen) atoms. The van der Waals surface area contributed by atoms with Gasteiger partial charge in [0.05, 0.1) is 5.52 Å². The van der Waals surface area contributed by atoms with Gasteiger partial charge < -0.3 is 19.5 Å². The zero-order valence-electron chi connectivity index (χ0n) is 22.4. The lowest BCUT2D eigenvalue weighted by atomic mass is 10.1. The molecule has 1 aromatic heterocycles. The van der Waals surface area contributed by atoms with Crippen molar-refractivity contribution in [1.29, 1.82) is 0 Å². The van der Waals surface area contributed by atoms with Gasteiger partial charge in [0.25, 0.3) is 0 Å². The number of halogens is 2. The van der Waals surface area contributed by atoms with Crippen LogP contribution in [0.2, 0.25) is 0 Å². The third kappa shape index (κ3) is 5.78. The smallest absolute Gasteiger partial charge is 0.150 e. The monoisotopic (exact) mass is 518 g/mol. The number of benzene rings is 3. The van der Waals surface area contributed by atoms with Crippen LogP contribution in [0.25, 0.3) is 10.9 Å². The molecule has 2 heterocycles. The van der Waals surface area contributed by atoms with E-state index in [9.17, 15) is 8.78 Å². The van der Waals surface area contributed by atoms with Gasteiger partial charge in [0.15, 0.2) is 0 Å². The Bertz CT molecular complexity index is 1390. The van der Waals surface area contributed by atoms with Crippen molar-refractivity contribution in [3.05, 3.63) is 83.6 Å². The largest absolute Gasteiger partial charge is 0.457 e. The van der Waals surface area contributed by atoms with E-state index < -0.39 is 11.6 Å². The molecule has 1 saturated heterocycles. The van der Waals surface area contributed by atoms with E-state index >= 15 is 0 Å². The molecule has 1 N–H and O–H groups in total. The van der Waals surface area contributed by atoms with Crippen LogP contribution >= 0.6 is 0 Å². The summed E-state index contributed by atoms with van der Waals surface area (Å²) in [5.74, 6) is 0.664. The lowest BCUT2D eigenvalue weighted by Crippen LogP contribution is -2.46. The van der Waals surface area contributed by atoms with Crippen LogP contribution in [0.3, 0.4) is 0 Å². The molecule has 7 heteroatoms. The number of fused-ring (bicyclic) bond motifs is 1. The molecule has 0 radical (unpaired) electrons. The molecule has 0 aliphatic carbocycles. The Labute approximate surface area is 223 Å². The molecule has 0 atom stereocenters. The maximum absolute atomic E-state index is 13.9. The minimum Gasteiger partial charge on any atom is -0.457 e. The van der Waals surface area contributed by atoms with Crippen LogP contribution in [0, 0.1) is 18.6 Å². The Morgan fingerprint density at radius 3 is 2.53 bits per heavy atom. The SMILES string of the molecule is Cc1c(Oc2cccc(N(C)C)c2)cccc1N1CCN(CCCCc2c[nH]c3c(F)cc(F)cc23)CC1. The van der Waals surface area contributed by atoms with E-state index in [4.69, 9.17) is 4.74 Å². The number of aromatic amines is 1. The number of nitrogens with zero attached hydrogens (tertiary/aromatic N) is 3. The molecule has 0 spiro atoms. The minimum absolute atomic E-state index is 0.393. The maximum atomic E-state index is 13.9. The summed E-state index contributed by atoms with van der Waals surface area (Å²) in [4.78, 5) is 9.98. The lowest BCUT2D eigenvalue weighted by Gasteiger charge is -2.37. The molecule has 1 aliphatic rings. The lowest BCUT2D eigenvalue weighted by molar-refractivity contribution is 0.253. The number of piperazine rings is 1. The second-order valence-electron chi connectivity index (χ2n) is 10.3. The van der Waals surface area contributed by atoms with E-state index in [1.165, 1.54) is 11.8 Å². The van der Waals surface area contributed by atoms with Gasteiger partial charge in [-0.15, -0.1) is 0 Å². The van der Waals surface area contributed by atoms with Gasteiger partial charge in [-0.3, -0.25) is 4.90 Å². The molecule has 200 valence electrons. The number of rotatable bonds is 9. The highest BCUT2D eigenvalue weighted by molar-refractivity contribution is 5.83. The Morgan fingerprint density at radius 1 is 0.947 bits per heavy atom. The Morgan fingerprint density at radius 2 is 1.74 bits per heavy atom. The van der Waals surface area contributed by atoms with E-state index in [2.05, 4.69) is 50.9 Å². The molecule has 1 aliphatic heterocycles. The van der Waals surface area contributed by atoms with Gasteiger partial charge in [-0.2, -0.15) is 0 Å². The predicted octanol–water partition coefficient (Wildman–Crippen LogP) is 6.76. The van der Waals surface area contributed by atoms with Crippen molar-refractivity contribution in [1.82, 2.24) is 9.88 Å². The topological polar surface area (TPSA) is 34.7 Å². The fourth-order valence-corrected chi connectivity index (χ4v) is 5.29. The first-order valence-corrected chi connectivity index (χ1v) is 13.4. The van der Waals surface area contributed by atoms with E-state index in [0.29, 0.717) is 10.9 Å². The zero-order chi connectivity index (χ0) is 26.6. The van der Waals surface area contributed by atoms with Crippen LogP contribution in [0.1, 0.15) is 24.0 Å². The summed E-state index contributed by atoms with van der Waals surface area (Å²) >= 11 is 0. The first kappa shape index (κ1) is 26.0. The van der Waals surface area contributed by atoms with Crippen LogP contribution in [0.4, 0.5) is 20.2 Å². The van der Waals surface area contributed by atoms with Crippen molar-refractivity contribution in [2.24, 2.45) is 0 Å².